The van der Waals surface area contributed by atoms with Gasteiger partial charge in [0.2, 0.25) is 5.91 Å². The molecule has 24 heavy (non-hydrogen) atoms. The van der Waals surface area contributed by atoms with E-state index in [1.807, 2.05) is 0 Å². The van der Waals surface area contributed by atoms with Gasteiger partial charge in [-0.2, -0.15) is 0 Å². The van der Waals surface area contributed by atoms with E-state index < -0.39 is 0 Å². The van der Waals surface area contributed by atoms with Crippen molar-refractivity contribution in [2.75, 3.05) is 13.7 Å². The molecule has 0 aromatic heterocycles. The first-order valence-corrected chi connectivity index (χ1v) is 9.13. The molecule has 2 atom stereocenters. The Bertz CT molecular complexity index is 634. The second kappa shape index (κ2) is 5.65. The predicted octanol–water partition coefficient (Wildman–Crippen LogP) is 3.84. The topological polar surface area (TPSA) is 38.3 Å². The summed E-state index contributed by atoms with van der Waals surface area (Å²) in [6.45, 7) is 4.30. The molecule has 0 radical (unpaired) electrons. The van der Waals surface area contributed by atoms with E-state index in [1.54, 1.807) is 13.2 Å². The molecule has 0 heterocycles. The Morgan fingerprint density at radius 1 is 1.25 bits per heavy atom. The molecule has 0 spiro atoms. The largest absolute Gasteiger partial charge is 0.497 e. The first-order valence-electron chi connectivity index (χ1n) is 9.13. The number of hydrogen-bond donors (Lipinski definition) is 1. The lowest BCUT2D eigenvalue weighted by Crippen LogP contribution is -2.59. The molecule has 3 heteroatoms. The molecule has 1 aromatic carbocycles. The van der Waals surface area contributed by atoms with Gasteiger partial charge in [0.1, 0.15) is 5.75 Å². The average molecular weight is 325 g/mol. The number of ether oxygens (including phenoxy) is 1. The number of carbonyl (C=O) groups is 1. The molecule has 128 valence electrons. The van der Waals surface area contributed by atoms with Crippen LogP contribution in [0.1, 0.15) is 44.1 Å². The van der Waals surface area contributed by atoms with Gasteiger partial charge in [-0.15, -0.1) is 6.58 Å². The van der Waals surface area contributed by atoms with Gasteiger partial charge < -0.3 is 10.1 Å². The molecule has 0 saturated heterocycles. The molecule has 3 nitrogen and oxygen atoms in total. The molecule has 4 aliphatic rings. The van der Waals surface area contributed by atoms with Crippen molar-refractivity contribution in [3.63, 3.8) is 0 Å². The maximum absolute atomic E-state index is 13.0. The van der Waals surface area contributed by atoms with Crippen molar-refractivity contribution < 1.29 is 9.53 Å². The van der Waals surface area contributed by atoms with Gasteiger partial charge in [-0.3, -0.25) is 4.79 Å². The minimum Gasteiger partial charge on any atom is -0.497 e. The van der Waals surface area contributed by atoms with E-state index in [4.69, 9.17) is 4.74 Å². The molecule has 1 amide bonds. The van der Waals surface area contributed by atoms with Crippen LogP contribution in [-0.2, 0) is 10.2 Å². The Morgan fingerprint density at radius 3 is 2.50 bits per heavy atom. The second-order valence-corrected chi connectivity index (χ2v) is 8.25. The zero-order valence-electron chi connectivity index (χ0n) is 14.5. The first kappa shape index (κ1) is 15.7. The van der Waals surface area contributed by atoms with Crippen LogP contribution in [0.3, 0.4) is 0 Å². The normalized spacial score (nSPS) is 36.4. The Kier molecular flexibility index (Phi) is 3.70. The van der Waals surface area contributed by atoms with Crippen molar-refractivity contribution in [1.29, 1.82) is 0 Å². The fourth-order valence-electron chi connectivity index (χ4n) is 6.16. The number of carbonyl (C=O) groups excluding carboxylic acids is 1. The fourth-order valence-corrected chi connectivity index (χ4v) is 6.16. The molecule has 1 N–H and O–H groups in total. The summed E-state index contributed by atoms with van der Waals surface area (Å²) >= 11 is 0. The van der Waals surface area contributed by atoms with Gasteiger partial charge in [0.25, 0.3) is 0 Å². The number of hydrogen-bond acceptors (Lipinski definition) is 2. The molecule has 1 aromatic rings. The van der Waals surface area contributed by atoms with Crippen LogP contribution < -0.4 is 10.1 Å². The van der Waals surface area contributed by atoms with Gasteiger partial charge in [0, 0.05) is 6.54 Å². The summed E-state index contributed by atoms with van der Waals surface area (Å²) in [6, 6.07) is 8.58. The monoisotopic (exact) mass is 325 g/mol. The maximum Gasteiger partial charge on any atom is 0.226 e. The van der Waals surface area contributed by atoms with Crippen molar-refractivity contribution in [1.82, 2.24) is 5.32 Å². The van der Waals surface area contributed by atoms with E-state index in [2.05, 4.69) is 36.2 Å². The highest BCUT2D eigenvalue weighted by atomic mass is 16.5. The number of amides is 1. The molecule has 0 aliphatic heterocycles. The van der Waals surface area contributed by atoms with Gasteiger partial charge >= 0.3 is 0 Å². The predicted molar refractivity (Wildman–Crippen MR) is 95.0 cm³/mol. The van der Waals surface area contributed by atoms with Gasteiger partial charge in [0.05, 0.1) is 12.5 Å². The van der Waals surface area contributed by atoms with E-state index in [-0.39, 0.29) is 16.7 Å². The summed E-state index contributed by atoms with van der Waals surface area (Å²) in [5.74, 6) is 2.56. The summed E-state index contributed by atoms with van der Waals surface area (Å²) in [5.41, 5.74) is 1.42. The van der Waals surface area contributed by atoms with Crippen LogP contribution in [0.5, 0.6) is 5.75 Å². The highest BCUT2D eigenvalue weighted by molar-refractivity contribution is 5.83. The van der Waals surface area contributed by atoms with Crippen LogP contribution in [0.4, 0.5) is 0 Å². The Hall–Kier alpha value is -1.77. The molecule has 2 unspecified atom stereocenters. The zero-order valence-corrected chi connectivity index (χ0v) is 14.5. The molecule has 4 saturated carbocycles. The van der Waals surface area contributed by atoms with Crippen molar-refractivity contribution in [2.45, 2.75) is 43.9 Å². The zero-order chi connectivity index (χ0) is 16.8. The van der Waals surface area contributed by atoms with Crippen LogP contribution >= 0.6 is 0 Å². The quantitative estimate of drug-likeness (QED) is 0.836. The standard InChI is InChI=1S/C21H27NO2/c1-3-8-22-19(23)21-12-15-9-16(13-21)11-20(10-15,14-21)17-4-6-18(24-2)7-5-17/h3-7,15-16H,1,8-14H2,2H3,(H,22,23). The maximum atomic E-state index is 13.0. The van der Waals surface area contributed by atoms with Crippen LogP contribution in [0.25, 0.3) is 0 Å². The van der Waals surface area contributed by atoms with Crippen LogP contribution in [0.2, 0.25) is 0 Å². The summed E-state index contributed by atoms with van der Waals surface area (Å²) in [5, 5.41) is 3.10. The summed E-state index contributed by atoms with van der Waals surface area (Å²) in [6.07, 6.45) is 8.72. The SMILES string of the molecule is C=CCNC(=O)C12CC3CC(C1)CC(c1ccc(OC)cc1)(C3)C2. The highest BCUT2D eigenvalue weighted by Crippen LogP contribution is 2.65. The molecule has 5 rings (SSSR count). The smallest absolute Gasteiger partial charge is 0.226 e. The number of rotatable bonds is 5. The molecule has 4 bridgehead atoms. The lowest BCUT2D eigenvalue weighted by atomic mass is 9.42. The fraction of sp³-hybridized carbons (Fsp3) is 0.571. The molecular formula is C21H27NO2. The third kappa shape index (κ3) is 2.37. The number of methoxy groups -OCH3 is 1. The van der Waals surface area contributed by atoms with Crippen LogP contribution in [0, 0.1) is 17.3 Å². The molecular weight excluding hydrogens is 298 g/mol. The Morgan fingerprint density at radius 2 is 1.92 bits per heavy atom. The number of benzene rings is 1. The van der Waals surface area contributed by atoms with Gasteiger partial charge in [-0.05, 0) is 73.5 Å². The average Bonchev–Trinajstić information content (AvgIpc) is 2.58. The number of nitrogens with one attached hydrogen (secondary N) is 1. The van der Waals surface area contributed by atoms with E-state index in [1.165, 1.54) is 24.8 Å². The Balaban J connectivity index is 1.67. The van der Waals surface area contributed by atoms with Crippen molar-refractivity contribution in [3.05, 3.63) is 42.5 Å². The second-order valence-electron chi connectivity index (χ2n) is 8.25. The van der Waals surface area contributed by atoms with E-state index in [0.29, 0.717) is 18.4 Å². The van der Waals surface area contributed by atoms with Crippen LogP contribution in [0.15, 0.2) is 36.9 Å². The third-order valence-electron chi connectivity index (χ3n) is 6.65. The van der Waals surface area contributed by atoms with Crippen molar-refractivity contribution in [3.8, 4) is 5.75 Å². The van der Waals surface area contributed by atoms with Gasteiger partial charge in [-0.25, -0.2) is 0 Å². The van der Waals surface area contributed by atoms with Crippen molar-refractivity contribution in [2.24, 2.45) is 17.3 Å². The Labute approximate surface area is 144 Å². The lowest BCUT2D eigenvalue weighted by Gasteiger charge is -2.61. The third-order valence-corrected chi connectivity index (χ3v) is 6.65. The summed E-state index contributed by atoms with van der Waals surface area (Å²) in [7, 11) is 1.71. The van der Waals surface area contributed by atoms with Gasteiger partial charge in [-0.1, -0.05) is 18.2 Å². The van der Waals surface area contributed by atoms with E-state index in [9.17, 15) is 4.79 Å². The molecule has 4 fully saturated rings. The summed E-state index contributed by atoms with van der Waals surface area (Å²) in [4.78, 5) is 13.0. The van der Waals surface area contributed by atoms with Gasteiger partial charge in [0.15, 0.2) is 0 Å². The van der Waals surface area contributed by atoms with Crippen molar-refractivity contribution >= 4 is 5.91 Å². The highest BCUT2D eigenvalue weighted by Gasteiger charge is 2.60. The lowest BCUT2D eigenvalue weighted by molar-refractivity contribution is -0.148. The minimum atomic E-state index is -0.160. The van der Waals surface area contributed by atoms with Crippen LogP contribution in [-0.4, -0.2) is 19.6 Å². The minimum absolute atomic E-state index is 0.160. The van der Waals surface area contributed by atoms with E-state index >= 15 is 0 Å². The summed E-state index contributed by atoms with van der Waals surface area (Å²) < 4.78 is 5.32. The molecule has 4 aliphatic carbocycles. The van der Waals surface area contributed by atoms with E-state index in [0.717, 1.165) is 25.0 Å². The first-order chi connectivity index (χ1) is 11.6.